The summed E-state index contributed by atoms with van der Waals surface area (Å²) in [6, 6.07) is 3.20. The first kappa shape index (κ1) is 14.9. The topological polar surface area (TPSA) is 17.4 Å². The van der Waals surface area contributed by atoms with Crippen LogP contribution in [-0.4, -0.2) is 37.2 Å². The lowest BCUT2D eigenvalue weighted by molar-refractivity contribution is 0.411. The lowest BCUT2D eigenvalue weighted by Crippen LogP contribution is -2.14. The first-order valence-electron chi connectivity index (χ1n) is 7.07. The van der Waals surface area contributed by atoms with Crippen LogP contribution < -0.4 is 4.74 Å². The van der Waals surface area contributed by atoms with Gasteiger partial charge in [0.1, 0.15) is 11.6 Å². The number of hydrogen-bond donors (Lipinski definition) is 0. The first-order chi connectivity index (χ1) is 9.58. The van der Waals surface area contributed by atoms with Crippen LogP contribution in [0.1, 0.15) is 18.9 Å². The van der Waals surface area contributed by atoms with Gasteiger partial charge in [0, 0.05) is 24.7 Å². The van der Waals surface area contributed by atoms with E-state index < -0.39 is 0 Å². The quantitative estimate of drug-likeness (QED) is 0.806. The van der Waals surface area contributed by atoms with Gasteiger partial charge >= 0.3 is 0 Å². The van der Waals surface area contributed by atoms with E-state index in [1.165, 1.54) is 6.07 Å². The molecule has 0 aliphatic heterocycles. The molecule has 1 aromatic heterocycles. The molecule has 0 saturated heterocycles. The Morgan fingerprint density at radius 3 is 2.65 bits per heavy atom. The molecule has 0 N–H and O–H groups in total. The monoisotopic (exact) mass is 278 g/mol. The summed E-state index contributed by atoms with van der Waals surface area (Å²) in [5.74, 6) is 0.579. The minimum absolute atomic E-state index is 0.176. The molecular weight excluding hydrogens is 255 g/mol. The highest BCUT2D eigenvalue weighted by Crippen LogP contribution is 2.33. The SMILES string of the molecule is CCCn1cc(CCN(C)C)c2c(OC)ccc(F)c21. The molecule has 3 nitrogen and oxygen atoms in total. The van der Waals surface area contributed by atoms with Gasteiger partial charge in [-0.3, -0.25) is 0 Å². The molecule has 0 fully saturated rings. The third-order valence-electron chi connectivity index (χ3n) is 3.52. The Kier molecular flexibility index (Phi) is 4.65. The number of nitrogens with zero attached hydrogens (tertiary/aromatic N) is 2. The Balaban J connectivity index is 2.58. The van der Waals surface area contributed by atoms with Crippen molar-refractivity contribution in [3.05, 3.63) is 29.7 Å². The maximum atomic E-state index is 14.2. The van der Waals surface area contributed by atoms with E-state index in [0.29, 0.717) is 5.52 Å². The second-order valence-electron chi connectivity index (χ2n) is 5.37. The van der Waals surface area contributed by atoms with E-state index in [-0.39, 0.29) is 5.82 Å². The second kappa shape index (κ2) is 6.27. The number of hydrogen-bond acceptors (Lipinski definition) is 2. The van der Waals surface area contributed by atoms with E-state index in [0.717, 1.165) is 42.6 Å². The summed E-state index contributed by atoms with van der Waals surface area (Å²) in [5, 5.41) is 0.919. The maximum Gasteiger partial charge on any atom is 0.147 e. The lowest BCUT2D eigenvalue weighted by atomic mass is 10.1. The first-order valence-corrected chi connectivity index (χ1v) is 7.07. The highest BCUT2D eigenvalue weighted by Gasteiger charge is 2.16. The number of aryl methyl sites for hydroxylation is 1. The Bertz CT molecular complexity index is 590. The third-order valence-corrected chi connectivity index (χ3v) is 3.52. The van der Waals surface area contributed by atoms with Gasteiger partial charge in [-0.05, 0) is 44.6 Å². The average Bonchev–Trinajstić information content (AvgIpc) is 2.77. The second-order valence-corrected chi connectivity index (χ2v) is 5.37. The van der Waals surface area contributed by atoms with Gasteiger partial charge in [-0.1, -0.05) is 6.92 Å². The molecular formula is C16H23FN2O. The number of halogens is 1. The molecule has 0 saturated carbocycles. The Labute approximate surface area is 119 Å². The third kappa shape index (κ3) is 2.80. The zero-order chi connectivity index (χ0) is 14.7. The molecule has 0 aliphatic rings. The normalized spacial score (nSPS) is 11.5. The smallest absolute Gasteiger partial charge is 0.147 e. The zero-order valence-electron chi connectivity index (χ0n) is 12.7. The highest BCUT2D eigenvalue weighted by molar-refractivity contribution is 5.90. The Hall–Kier alpha value is -1.55. The molecule has 0 aliphatic carbocycles. The van der Waals surface area contributed by atoms with Crippen molar-refractivity contribution in [2.75, 3.05) is 27.7 Å². The highest BCUT2D eigenvalue weighted by atomic mass is 19.1. The molecule has 1 heterocycles. The van der Waals surface area contributed by atoms with Crippen LogP contribution >= 0.6 is 0 Å². The van der Waals surface area contributed by atoms with Gasteiger partial charge in [-0.2, -0.15) is 0 Å². The van der Waals surface area contributed by atoms with Crippen molar-refractivity contribution >= 4 is 10.9 Å². The number of rotatable bonds is 6. The summed E-state index contributed by atoms with van der Waals surface area (Å²) in [6.07, 6.45) is 3.94. The van der Waals surface area contributed by atoms with Crippen LogP contribution in [0.5, 0.6) is 5.75 Å². The summed E-state index contributed by atoms with van der Waals surface area (Å²) in [7, 11) is 5.73. The van der Waals surface area contributed by atoms with Crippen molar-refractivity contribution in [2.24, 2.45) is 0 Å². The molecule has 0 unspecified atom stereocenters. The van der Waals surface area contributed by atoms with Crippen molar-refractivity contribution in [3.63, 3.8) is 0 Å². The molecule has 20 heavy (non-hydrogen) atoms. The molecule has 1 aromatic carbocycles. The molecule has 0 radical (unpaired) electrons. The minimum atomic E-state index is -0.176. The molecule has 0 atom stereocenters. The van der Waals surface area contributed by atoms with Gasteiger partial charge in [-0.25, -0.2) is 4.39 Å². The fourth-order valence-electron chi connectivity index (χ4n) is 2.58. The van der Waals surface area contributed by atoms with Crippen LogP contribution in [0.25, 0.3) is 10.9 Å². The fraction of sp³-hybridized carbons (Fsp3) is 0.500. The van der Waals surface area contributed by atoms with Gasteiger partial charge in [0.05, 0.1) is 12.6 Å². The summed E-state index contributed by atoms with van der Waals surface area (Å²) in [6.45, 7) is 3.86. The number of fused-ring (bicyclic) bond motifs is 1. The minimum Gasteiger partial charge on any atom is -0.496 e. The number of likely N-dealkylation sites (N-methyl/N-ethyl adjacent to an activating group) is 1. The maximum absolute atomic E-state index is 14.2. The molecule has 0 bridgehead atoms. The van der Waals surface area contributed by atoms with Gasteiger partial charge < -0.3 is 14.2 Å². The molecule has 0 spiro atoms. The summed E-state index contributed by atoms with van der Waals surface area (Å²) in [4.78, 5) is 2.13. The summed E-state index contributed by atoms with van der Waals surface area (Å²) >= 11 is 0. The average molecular weight is 278 g/mol. The predicted molar refractivity (Wildman–Crippen MR) is 81.0 cm³/mol. The zero-order valence-corrected chi connectivity index (χ0v) is 12.7. The van der Waals surface area contributed by atoms with Crippen molar-refractivity contribution in [1.82, 2.24) is 9.47 Å². The van der Waals surface area contributed by atoms with Gasteiger partial charge in [-0.15, -0.1) is 0 Å². The van der Waals surface area contributed by atoms with Crippen LogP contribution in [0.2, 0.25) is 0 Å². The largest absolute Gasteiger partial charge is 0.496 e. The predicted octanol–water partition coefficient (Wildman–Crippen LogP) is 3.30. The van der Waals surface area contributed by atoms with E-state index in [1.54, 1.807) is 13.2 Å². The molecule has 2 rings (SSSR count). The van der Waals surface area contributed by atoms with Gasteiger partial charge in [0.15, 0.2) is 0 Å². The van der Waals surface area contributed by atoms with Crippen LogP contribution in [0.3, 0.4) is 0 Å². The number of aromatic nitrogens is 1. The summed E-state index contributed by atoms with van der Waals surface area (Å²) in [5.41, 5.74) is 1.82. The number of methoxy groups -OCH3 is 1. The van der Waals surface area contributed by atoms with E-state index in [2.05, 4.69) is 18.0 Å². The Morgan fingerprint density at radius 1 is 1.30 bits per heavy atom. The molecule has 2 aromatic rings. The number of ether oxygens (including phenoxy) is 1. The van der Waals surface area contributed by atoms with Crippen molar-refractivity contribution in [1.29, 1.82) is 0 Å². The molecule has 110 valence electrons. The van der Waals surface area contributed by atoms with Gasteiger partial charge in [0.25, 0.3) is 0 Å². The fourth-order valence-corrected chi connectivity index (χ4v) is 2.58. The van der Waals surface area contributed by atoms with E-state index >= 15 is 0 Å². The standard InChI is InChI=1S/C16H23FN2O/c1-5-9-19-11-12(8-10-18(2)3)15-14(20-4)7-6-13(17)16(15)19/h6-7,11H,5,8-10H2,1-4H3. The van der Waals surface area contributed by atoms with Crippen LogP contribution in [0.15, 0.2) is 18.3 Å². The Morgan fingerprint density at radius 2 is 2.05 bits per heavy atom. The van der Waals surface area contributed by atoms with E-state index in [1.807, 2.05) is 18.7 Å². The van der Waals surface area contributed by atoms with Crippen molar-refractivity contribution in [3.8, 4) is 5.75 Å². The number of benzene rings is 1. The summed E-state index contributed by atoms with van der Waals surface area (Å²) < 4.78 is 21.7. The van der Waals surface area contributed by atoms with Crippen LogP contribution in [0, 0.1) is 5.82 Å². The lowest BCUT2D eigenvalue weighted by Gasteiger charge is -2.09. The molecule has 0 amide bonds. The van der Waals surface area contributed by atoms with E-state index in [4.69, 9.17) is 4.74 Å². The van der Waals surface area contributed by atoms with Crippen LogP contribution in [0.4, 0.5) is 4.39 Å². The van der Waals surface area contributed by atoms with Crippen molar-refractivity contribution < 1.29 is 9.13 Å². The van der Waals surface area contributed by atoms with Gasteiger partial charge in [0.2, 0.25) is 0 Å². The van der Waals surface area contributed by atoms with E-state index in [9.17, 15) is 4.39 Å². The van der Waals surface area contributed by atoms with Crippen molar-refractivity contribution in [2.45, 2.75) is 26.3 Å². The van der Waals surface area contributed by atoms with Crippen LogP contribution in [-0.2, 0) is 13.0 Å². The molecule has 4 heteroatoms.